The molecule has 2 rings (SSSR count). The Bertz CT molecular complexity index is 841. The average Bonchev–Trinajstić information content (AvgIpc) is 3.21. The van der Waals surface area contributed by atoms with Crippen LogP contribution in [0.3, 0.4) is 0 Å². The van der Waals surface area contributed by atoms with Crippen molar-refractivity contribution in [2.45, 2.75) is 6.92 Å². The number of nitrogen functional groups attached to an aromatic ring is 2. The lowest BCUT2D eigenvalue weighted by molar-refractivity contribution is -0.128. The molecule has 0 atom stereocenters. The Morgan fingerprint density at radius 2 is 1.52 bits per heavy atom. The zero-order chi connectivity index (χ0) is 18.4. The van der Waals surface area contributed by atoms with Crippen LogP contribution in [0.1, 0.15) is 18.3 Å². The van der Waals surface area contributed by atoms with Gasteiger partial charge in [0.15, 0.2) is 21.7 Å². The van der Waals surface area contributed by atoms with E-state index in [9.17, 15) is 9.59 Å². The van der Waals surface area contributed by atoms with Crippen LogP contribution in [0.4, 0.5) is 10.3 Å². The number of hydrogen-bond donors (Lipinski definition) is 2. The first-order chi connectivity index (χ1) is 12.0. The molecule has 0 saturated heterocycles. The predicted octanol–water partition coefficient (Wildman–Crippen LogP) is 0.693. The quantitative estimate of drug-likeness (QED) is 0.384. The van der Waals surface area contributed by atoms with Gasteiger partial charge in [0.1, 0.15) is 25.1 Å². The molecule has 0 amide bonds. The number of ketones is 2. The van der Waals surface area contributed by atoms with Crippen LogP contribution in [0.5, 0.6) is 0 Å². The molecule has 0 aliphatic carbocycles. The van der Waals surface area contributed by atoms with Crippen molar-refractivity contribution in [3.8, 4) is 0 Å². The van der Waals surface area contributed by atoms with E-state index in [2.05, 4.69) is 25.1 Å². The predicted molar refractivity (Wildman–Crippen MR) is 94.8 cm³/mol. The summed E-state index contributed by atoms with van der Waals surface area (Å²) in [6, 6.07) is 0. The second-order valence-corrected chi connectivity index (χ2v) is 6.06. The molecule has 0 spiro atoms. The number of nitrogens with zero attached hydrogens (tertiary/aromatic N) is 4. The fraction of sp³-hybridized carbons (Fsp3) is 0.231. The van der Waals surface area contributed by atoms with Gasteiger partial charge < -0.3 is 21.1 Å². The largest absolute Gasteiger partial charge is 0.398 e. The molecular weight excluding hydrogens is 368 g/mol. The second kappa shape index (κ2) is 8.30. The van der Waals surface area contributed by atoms with E-state index in [4.69, 9.17) is 16.3 Å². The van der Waals surface area contributed by atoms with Crippen LogP contribution >= 0.6 is 22.7 Å². The fourth-order valence-electron chi connectivity index (χ4n) is 1.64. The van der Waals surface area contributed by atoms with Crippen LogP contribution in [-0.2, 0) is 19.3 Å². The molecular formula is C13H14N6O4S2. The van der Waals surface area contributed by atoms with E-state index < -0.39 is 11.6 Å². The van der Waals surface area contributed by atoms with Gasteiger partial charge >= 0.3 is 0 Å². The topological polar surface area (TPSA) is 155 Å². The molecule has 0 fully saturated rings. The molecule has 0 bridgehead atoms. The zero-order valence-corrected chi connectivity index (χ0v) is 14.9. The summed E-state index contributed by atoms with van der Waals surface area (Å²) in [5.74, 6) is -1.97. The number of thiazole rings is 2. The number of carbonyl (C=O) groups excluding carboxylic acids is 2. The average molecular weight is 382 g/mol. The number of nitrogens with two attached hydrogens (primary N) is 2. The molecule has 25 heavy (non-hydrogen) atoms. The summed E-state index contributed by atoms with van der Waals surface area (Å²) in [6.45, 7) is 1.88. The summed E-state index contributed by atoms with van der Waals surface area (Å²) in [4.78, 5) is 42.7. The van der Waals surface area contributed by atoms with E-state index in [0.717, 1.165) is 22.7 Å². The molecule has 0 saturated carbocycles. The van der Waals surface area contributed by atoms with Crippen LogP contribution < -0.4 is 11.5 Å². The van der Waals surface area contributed by atoms with Crippen molar-refractivity contribution in [3.63, 3.8) is 0 Å². The molecule has 2 heterocycles. The third-order valence-electron chi connectivity index (χ3n) is 2.63. The first kappa shape index (κ1) is 18.5. The maximum atomic E-state index is 12.6. The Morgan fingerprint density at radius 3 is 1.88 bits per heavy atom. The van der Waals surface area contributed by atoms with Crippen LogP contribution in [0.2, 0.25) is 0 Å². The van der Waals surface area contributed by atoms with Gasteiger partial charge in [0, 0.05) is 10.8 Å². The van der Waals surface area contributed by atoms with Crippen molar-refractivity contribution in [1.82, 2.24) is 9.97 Å². The monoisotopic (exact) mass is 382 g/mol. The van der Waals surface area contributed by atoms with Crippen LogP contribution in [0.15, 0.2) is 21.1 Å². The first-order valence-corrected chi connectivity index (χ1v) is 8.56. The summed E-state index contributed by atoms with van der Waals surface area (Å²) < 4.78 is 0. The van der Waals surface area contributed by atoms with Gasteiger partial charge in [-0.15, -0.1) is 22.7 Å². The summed E-state index contributed by atoms with van der Waals surface area (Å²) in [6.07, 6.45) is 0. The molecule has 132 valence electrons. The Hall–Kier alpha value is -2.86. The standard InChI is InChI=1S/C13H14N6O4S2/c1-3-23-19-9(7-5-25-13(15)17-7)11(21)10(20)8(18-22-2)6-4-24-12(14)16-6/h4-5H,3H2,1-2H3,(H2,14,16)(H2,15,17). The van der Waals surface area contributed by atoms with Crippen molar-refractivity contribution < 1.29 is 19.3 Å². The highest BCUT2D eigenvalue weighted by Gasteiger charge is 2.31. The Morgan fingerprint density at radius 1 is 1.04 bits per heavy atom. The van der Waals surface area contributed by atoms with Gasteiger partial charge in [0.2, 0.25) is 0 Å². The number of hydrogen-bond acceptors (Lipinski definition) is 12. The van der Waals surface area contributed by atoms with Gasteiger partial charge in [-0.2, -0.15) is 0 Å². The van der Waals surface area contributed by atoms with E-state index in [0.29, 0.717) is 0 Å². The van der Waals surface area contributed by atoms with Gasteiger partial charge in [-0.1, -0.05) is 10.3 Å². The van der Waals surface area contributed by atoms with Gasteiger partial charge in [-0.25, -0.2) is 9.97 Å². The maximum Gasteiger partial charge on any atom is 0.259 e. The Balaban J connectivity index is 2.39. The highest BCUT2D eigenvalue weighted by Crippen LogP contribution is 2.16. The number of Topliss-reactive ketones (excluding diaryl/α,β-unsaturated/α-hetero) is 2. The maximum absolute atomic E-state index is 12.6. The van der Waals surface area contributed by atoms with E-state index in [1.807, 2.05) is 0 Å². The summed E-state index contributed by atoms with van der Waals surface area (Å²) >= 11 is 2.19. The molecule has 12 heteroatoms. The van der Waals surface area contributed by atoms with Crippen molar-refractivity contribution in [2.75, 3.05) is 25.2 Å². The lowest BCUT2D eigenvalue weighted by Crippen LogP contribution is -2.32. The molecule has 10 nitrogen and oxygen atoms in total. The third-order valence-corrected chi connectivity index (χ3v) is 3.98. The van der Waals surface area contributed by atoms with Gasteiger partial charge in [-0.3, -0.25) is 9.59 Å². The molecule has 0 unspecified atom stereocenters. The van der Waals surface area contributed by atoms with Gasteiger partial charge in [0.25, 0.3) is 11.6 Å². The van der Waals surface area contributed by atoms with E-state index in [1.165, 1.54) is 17.9 Å². The van der Waals surface area contributed by atoms with Crippen LogP contribution in [-0.4, -0.2) is 46.7 Å². The highest BCUT2D eigenvalue weighted by molar-refractivity contribution is 7.14. The molecule has 2 aromatic rings. The van der Waals surface area contributed by atoms with Gasteiger partial charge in [0.05, 0.1) is 0 Å². The lowest BCUT2D eigenvalue weighted by atomic mass is 10.0. The third kappa shape index (κ3) is 4.36. The number of anilines is 2. The van der Waals surface area contributed by atoms with Crippen molar-refractivity contribution >= 4 is 55.9 Å². The van der Waals surface area contributed by atoms with Crippen molar-refractivity contribution in [3.05, 3.63) is 22.1 Å². The number of oxime groups is 2. The van der Waals surface area contributed by atoms with E-state index in [-0.39, 0.29) is 39.7 Å². The van der Waals surface area contributed by atoms with E-state index >= 15 is 0 Å². The molecule has 0 aliphatic rings. The Labute approximate surface area is 150 Å². The number of carbonyl (C=O) groups is 2. The molecule has 0 aromatic carbocycles. The van der Waals surface area contributed by atoms with Crippen LogP contribution in [0.25, 0.3) is 0 Å². The molecule has 2 aromatic heterocycles. The first-order valence-electron chi connectivity index (χ1n) is 6.80. The minimum atomic E-state index is -0.989. The molecule has 0 aliphatic heterocycles. The van der Waals surface area contributed by atoms with Crippen molar-refractivity contribution in [2.24, 2.45) is 10.3 Å². The lowest BCUT2D eigenvalue weighted by Gasteiger charge is -2.03. The van der Waals surface area contributed by atoms with E-state index in [1.54, 1.807) is 6.92 Å². The molecule has 4 N–H and O–H groups in total. The van der Waals surface area contributed by atoms with Crippen molar-refractivity contribution in [1.29, 1.82) is 0 Å². The summed E-state index contributed by atoms with van der Waals surface area (Å²) in [5.41, 5.74) is 10.8. The number of aromatic nitrogens is 2. The van der Waals surface area contributed by atoms with Gasteiger partial charge in [-0.05, 0) is 6.92 Å². The smallest absolute Gasteiger partial charge is 0.259 e. The molecule has 0 radical (unpaired) electrons. The highest BCUT2D eigenvalue weighted by atomic mass is 32.1. The normalized spacial score (nSPS) is 12.1. The van der Waals surface area contributed by atoms with Crippen LogP contribution in [0, 0.1) is 0 Å². The fourth-order valence-corrected chi connectivity index (χ4v) is 2.73. The summed E-state index contributed by atoms with van der Waals surface area (Å²) in [7, 11) is 1.24. The zero-order valence-electron chi connectivity index (χ0n) is 13.3. The second-order valence-electron chi connectivity index (χ2n) is 4.28. The Kier molecular flexibility index (Phi) is 6.14. The minimum Gasteiger partial charge on any atom is -0.398 e. The summed E-state index contributed by atoms with van der Waals surface area (Å²) in [5, 5.41) is 10.7. The minimum absolute atomic E-state index is 0.122. The number of rotatable bonds is 8. The SMILES string of the molecule is CCON=C(C(=O)C(=O)C(=NOC)c1csc(N)n1)c1csc(N)n1.